The molecule has 1 saturated heterocycles. The summed E-state index contributed by atoms with van der Waals surface area (Å²) < 4.78 is 1.66. The van der Waals surface area contributed by atoms with Gasteiger partial charge in [-0.2, -0.15) is 5.10 Å². The van der Waals surface area contributed by atoms with Gasteiger partial charge in [0.25, 0.3) is 0 Å². The number of likely N-dealkylation sites (tertiary alicyclic amines) is 1. The molecule has 4 rings (SSSR count). The van der Waals surface area contributed by atoms with E-state index in [0.29, 0.717) is 17.4 Å². The fourth-order valence-electron chi connectivity index (χ4n) is 3.82. The first kappa shape index (κ1) is 19.2. The van der Waals surface area contributed by atoms with Crippen molar-refractivity contribution in [3.05, 3.63) is 72.2 Å². The average molecular weight is 390 g/mol. The number of nitrogens with one attached hydrogen (secondary N) is 1. The van der Waals surface area contributed by atoms with Crippen LogP contribution in [0.5, 0.6) is 0 Å². The van der Waals surface area contributed by atoms with Gasteiger partial charge in [0.2, 0.25) is 0 Å². The van der Waals surface area contributed by atoms with E-state index < -0.39 is 0 Å². The highest BCUT2D eigenvalue weighted by molar-refractivity contribution is 5.91. The van der Waals surface area contributed by atoms with Crippen LogP contribution in [0.2, 0.25) is 0 Å². The number of pyridine rings is 1. The van der Waals surface area contributed by atoms with Crippen LogP contribution in [-0.2, 0) is 6.42 Å². The highest BCUT2D eigenvalue weighted by Crippen LogP contribution is 2.24. The van der Waals surface area contributed by atoms with Crippen molar-refractivity contribution in [3.8, 4) is 5.82 Å². The third kappa shape index (κ3) is 4.83. The van der Waals surface area contributed by atoms with E-state index in [1.165, 1.54) is 17.5 Å². The number of piperidine rings is 1. The van der Waals surface area contributed by atoms with E-state index in [0.717, 1.165) is 32.4 Å². The molecule has 0 radical (unpaired) electrons. The van der Waals surface area contributed by atoms with Crippen LogP contribution in [0.25, 0.3) is 5.82 Å². The van der Waals surface area contributed by atoms with Crippen molar-refractivity contribution in [2.45, 2.75) is 32.6 Å². The molecule has 0 unspecified atom stereocenters. The maximum atomic E-state index is 12.8. The molecule has 1 fully saturated rings. The van der Waals surface area contributed by atoms with Gasteiger partial charge in [-0.25, -0.2) is 14.5 Å². The molecule has 6 nitrogen and oxygen atoms in total. The van der Waals surface area contributed by atoms with Gasteiger partial charge >= 0.3 is 6.03 Å². The summed E-state index contributed by atoms with van der Waals surface area (Å²) in [5.41, 5.74) is 3.37. The van der Waals surface area contributed by atoms with Gasteiger partial charge in [-0.1, -0.05) is 29.8 Å². The zero-order chi connectivity index (χ0) is 20.1. The molecule has 0 aliphatic carbocycles. The highest BCUT2D eigenvalue weighted by atomic mass is 16.2. The summed E-state index contributed by atoms with van der Waals surface area (Å²) in [5, 5.41) is 7.23. The summed E-state index contributed by atoms with van der Waals surface area (Å²) >= 11 is 0. The number of urea groups is 1. The maximum absolute atomic E-state index is 12.8. The number of carbonyl (C=O) groups is 1. The predicted molar refractivity (Wildman–Crippen MR) is 114 cm³/mol. The number of aryl methyl sites for hydroxylation is 2. The molecular formula is C23H27N5O. The Morgan fingerprint density at radius 3 is 2.62 bits per heavy atom. The molecule has 1 aliphatic heterocycles. The monoisotopic (exact) mass is 389 g/mol. The van der Waals surface area contributed by atoms with Crippen molar-refractivity contribution in [2.24, 2.45) is 5.92 Å². The molecule has 3 aromatic rings. The Labute approximate surface area is 171 Å². The molecule has 0 atom stereocenters. The minimum atomic E-state index is -0.0663. The minimum absolute atomic E-state index is 0.0663. The second-order valence-electron chi connectivity index (χ2n) is 7.71. The Hall–Kier alpha value is -3.15. The predicted octanol–water partition coefficient (Wildman–Crippen LogP) is 4.45. The number of anilines is 1. The van der Waals surface area contributed by atoms with Crippen LogP contribution >= 0.6 is 0 Å². The molecule has 2 aromatic heterocycles. The number of carbonyl (C=O) groups excluding carboxylic acids is 1. The first-order chi connectivity index (χ1) is 14.2. The van der Waals surface area contributed by atoms with Gasteiger partial charge < -0.3 is 10.2 Å². The van der Waals surface area contributed by atoms with Crippen molar-refractivity contribution in [3.63, 3.8) is 0 Å². The second-order valence-corrected chi connectivity index (χ2v) is 7.71. The number of hydrogen-bond donors (Lipinski definition) is 1. The van der Waals surface area contributed by atoms with Crippen molar-refractivity contribution in [1.82, 2.24) is 19.7 Å². The lowest BCUT2D eigenvalue weighted by Gasteiger charge is -2.32. The number of hydrogen-bond acceptors (Lipinski definition) is 3. The zero-order valence-electron chi connectivity index (χ0n) is 16.8. The van der Waals surface area contributed by atoms with Gasteiger partial charge in [-0.05, 0) is 62.3 Å². The normalized spacial score (nSPS) is 14.7. The van der Waals surface area contributed by atoms with Crippen LogP contribution in [0, 0.1) is 12.8 Å². The first-order valence-electron chi connectivity index (χ1n) is 10.3. The Morgan fingerprint density at radius 1 is 1.10 bits per heavy atom. The smallest absolute Gasteiger partial charge is 0.321 e. The van der Waals surface area contributed by atoms with Crippen LogP contribution in [-0.4, -0.2) is 38.8 Å². The lowest BCUT2D eigenvalue weighted by atomic mass is 9.90. The van der Waals surface area contributed by atoms with E-state index in [1.807, 2.05) is 29.3 Å². The summed E-state index contributed by atoms with van der Waals surface area (Å²) in [6, 6.07) is 14.3. The topological polar surface area (TPSA) is 63.1 Å². The third-order valence-electron chi connectivity index (χ3n) is 5.61. The standard InChI is InChI=1S/C23H27N5O/c1-18-5-7-19(8-6-18)9-10-20-11-16-27(17-12-20)23(29)26-21-4-2-13-24-22(21)28-15-3-14-25-28/h2-8,13-15,20H,9-12,16-17H2,1H3,(H,26,29). The fourth-order valence-corrected chi connectivity index (χ4v) is 3.82. The molecule has 1 N–H and O–H groups in total. The quantitative estimate of drug-likeness (QED) is 0.701. The maximum Gasteiger partial charge on any atom is 0.321 e. The summed E-state index contributed by atoms with van der Waals surface area (Å²) in [7, 11) is 0. The average Bonchev–Trinajstić information content (AvgIpc) is 3.29. The summed E-state index contributed by atoms with van der Waals surface area (Å²) in [6.07, 6.45) is 9.62. The second kappa shape index (κ2) is 8.90. The molecule has 0 spiro atoms. The molecular weight excluding hydrogens is 362 g/mol. The summed E-state index contributed by atoms with van der Waals surface area (Å²) in [4.78, 5) is 19.0. The fraction of sp³-hybridized carbons (Fsp3) is 0.348. The number of nitrogens with zero attached hydrogens (tertiary/aromatic N) is 4. The Bertz CT molecular complexity index is 928. The molecule has 3 heterocycles. The lowest BCUT2D eigenvalue weighted by molar-refractivity contribution is 0.180. The molecule has 0 saturated carbocycles. The van der Waals surface area contributed by atoms with Crippen molar-refractivity contribution < 1.29 is 4.79 Å². The number of amides is 2. The third-order valence-corrected chi connectivity index (χ3v) is 5.61. The van der Waals surface area contributed by atoms with Gasteiger partial charge in [0.15, 0.2) is 5.82 Å². The SMILES string of the molecule is Cc1ccc(CCC2CCN(C(=O)Nc3cccnc3-n3cccn3)CC2)cc1. The molecule has 150 valence electrons. The number of rotatable bonds is 5. The Balaban J connectivity index is 1.29. The van der Waals surface area contributed by atoms with Crippen LogP contribution in [0.3, 0.4) is 0 Å². The molecule has 2 amide bonds. The van der Waals surface area contributed by atoms with E-state index in [-0.39, 0.29) is 6.03 Å². The van der Waals surface area contributed by atoms with Gasteiger partial charge in [-0.3, -0.25) is 0 Å². The number of aromatic nitrogens is 3. The van der Waals surface area contributed by atoms with Gasteiger partial charge in [-0.15, -0.1) is 0 Å². The lowest BCUT2D eigenvalue weighted by Crippen LogP contribution is -2.41. The van der Waals surface area contributed by atoms with E-state index in [1.54, 1.807) is 17.1 Å². The van der Waals surface area contributed by atoms with Crippen LogP contribution in [0.1, 0.15) is 30.4 Å². The first-order valence-corrected chi connectivity index (χ1v) is 10.3. The van der Waals surface area contributed by atoms with Crippen LogP contribution < -0.4 is 5.32 Å². The van der Waals surface area contributed by atoms with Crippen molar-refractivity contribution in [2.75, 3.05) is 18.4 Å². The van der Waals surface area contributed by atoms with Crippen LogP contribution in [0.4, 0.5) is 10.5 Å². The molecule has 6 heteroatoms. The van der Waals surface area contributed by atoms with Gasteiger partial charge in [0.1, 0.15) is 0 Å². The summed E-state index contributed by atoms with van der Waals surface area (Å²) in [5.74, 6) is 1.30. The van der Waals surface area contributed by atoms with E-state index in [9.17, 15) is 4.79 Å². The number of benzene rings is 1. The van der Waals surface area contributed by atoms with E-state index in [2.05, 4.69) is 46.6 Å². The Morgan fingerprint density at radius 2 is 1.90 bits per heavy atom. The largest absolute Gasteiger partial charge is 0.325 e. The van der Waals surface area contributed by atoms with E-state index >= 15 is 0 Å². The van der Waals surface area contributed by atoms with Gasteiger partial charge in [0, 0.05) is 31.7 Å². The molecule has 0 bridgehead atoms. The van der Waals surface area contributed by atoms with Crippen molar-refractivity contribution in [1.29, 1.82) is 0 Å². The van der Waals surface area contributed by atoms with Crippen LogP contribution in [0.15, 0.2) is 61.1 Å². The molecule has 1 aliphatic rings. The molecule has 1 aromatic carbocycles. The van der Waals surface area contributed by atoms with Gasteiger partial charge in [0.05, 0.1) is 5.69 Å². The van der Waals surface area contributed by atoms with Crippen molar-refractivity contribution >= 4 is 11.7 Å². The Kier molecular flexibility index (Phi) is 5.89. The highest BCUT2D eigenvalue weighted by Gasteiger charge is 2.23. The van der Waals surface area contributed by atoms with E-state index in [4.69, 9.17) is 0 Å². The minimum Gasteiger partial charge on any atom is -0.325 e. The zero-order valence-corrected chi connectivity index (χ0v) is 16.8. The molecule has 29 heavy (non-hydrogen) atoms. The summed E-state index contributed by atoms with van der Waals surface area (Å²) in [6.45, 7) is 3.71.